The van der Waals surface area contributed by atoms with Gasteiger partial charge in [-0.1, -0.05) is 150 Å². The monoisotopic (exact) mass is 1570 g/mol. The van der Waals surface area contributed by atoms with E-state index in [2.05, 4.69) is 64.2 Å². The van der Waals surface area contributed by atoms with E-state index in [1.165, 1.54) is 30.0 Å². The Bertz CT molecular complexity index is 2840. The number of aromatic hydroxyl groups is 1. The van der Waals surface area contributed by atoms with Gasteiger partial charge in [0.1, 0.15) is 60.6 Å². The minimum Gasteiger partial charge on any atom is -1.00 e. The summed E-state index contributed by atoms with van der Waals surface area (Å²) in [6, 6.07) is 45.3. The van der Waals surface area contributed by atoms with Gasteiger partial charge < -0.3 is 79.9 Å². The van der Waals surface area contributed by atoms with Gasteiger partial charge in [0, 0.05) is 70.8 Å². The van der Waals surface area contributed by atoms with Crippen molar-refractivity contribution in [3.05, 3.63) is 228 Å². The number of rotatable bonds is 27. The molecule has 1 aliphatic heterocycles. The predicted octanol–water partition coefficient (Wildman–Crippen LogP) is 11.5. The second-order valence-electron chi connectivity index (χ2n) is 20.9. The third-order valence-electron chi connectivity index (χ3n) is 11.0. The van der Waals surface area contributed by atoms with Crippen molar-refractivity contribution in [2.24, 2.45) is 11.8 Å². The molecule has 1 saturated heterocycles. The van der Waals surface area contributed by atoms with E-state index in [-0.39, 0.29) is 109 Å². The third-order valence-corrected chi connectivity index (χ3v) is 12.6. The van der Waals surface area contributed by atoms with Crippen LogP contribution in [0.25, 0.3) is 0 Å². The van der Waals surface area contributed by atoms with Crippen LogP contribution in [-0.2, 0) is 62.1 Å². The molecule has 6 aromatic carbocycles. The van der Waals surface area contributed by atoms with Crippen LogP contribution in [0.3, 0.4) is 0 Å². The minimum absolute atomic E-state index is 0. The number of phenols is 1. The van der Waals surface area contributed by atoms with Crippen LogP contribution in [0.4, 0.5) is 4.39 Å². The van der Waals surface area contributed by atoms with Crippen molar-refractivity contribution >= 4 is 61.3 Å². The molecule has 548 valence electrons. The second kappa shape index (κ2) is 78.0. The summed E-state index contributed by atoms with van der Waals surface area (Å²) in [6.07, 6.45) is 3.44. The van der Waals surface area contributed by atoms with E-state index in [4.69, 9.17) is 92.7 Å². The van der Waals surface area contributed by atoms with Crippen LogP contribution in [0.5, 0.6) is 34.5 Å². The van der Waals surface area contributed by atoms with E-state index in [0.717, 1.165) is 111 Å². The number of benzene rings is 6. The van der Waals surface area contributed by atoms with Crippen LogP contribution in [0.2, 0.25) is 0 Å². The number of alkyl halides is 5. The number of aliphatic hydroxyl groups is 4. The van der Waals surface area contributed by atoms with Crippen LogP contribution in [-0.4, -0.2) is 136 Å². The van der Waals surface area contributed by atoms with Crippen molar-refractivity contribution < 1.29 is 145 Å². The zero-order valence-corrected chi connectivity index (χ0v) is 69.2. The second-order valence-corrected chi connectivity index (χ2v) is 22.9. The van der Waals surface area contributed by atoms with Gasteiger partial charge in [-0.15, -0.1) is 23.2 Å². The predicted molar refractivity (Wildman–Crippen MR) is 404 cm³/mol. The molecule has 0 aliphatic carbocycles. The summed E-state index contributed by atoms with van der Waals surface area (Å²) in [4.78, 5) is 10.4. The summed E-state index contributed by atoms with van der Waals surface area (Å²) in [5.41, 5.74) is 10.3. The molecule has 0 saturated carbocycles. The summed E-state index contributed by atoms with van der Waals surface area (Å²) in [5.74, 6) is 4.42. The zero-order valence-electron chi connectivity index (χ0n) is 62.5. The fraction of sp³-hybridized carbons (Fsp3) is 0.408. The fourth-order valence-electron chi connectivity index (χ4n) is 6.47. The van der Waals surface area contributed by atoms with Crippen molar-refractivity contribution in [1.82, 2.24) is 0 Å². The van der Waals surface area contributed by atoms with Gasteiger partial charge in [0.25, 0.3) is 0 Å². The number of aldehydes is 1. The Kier molecular flexibility index (Phi) is 83.4. The molecule has 2 atom stereocenters. The number of hydrogen-bond donors (Lipinski definition) is 5. The molecular weight excluding hydrogens is 1460 g/mol. The van der Waals surface area contributed by atoms with Crippen molar-refractivity contribution in [2.45, 2.75) is 92.7 Å². The Hall–Kier alpha value is -4.14. The van der Waals surface area contributed by atoms with E-state index in [1.54, 1.807) is 39.5 Å². The molecule has 0 radical (unpaired) electrons. The molecule has 6 N–H and O–H groups in total. The van der Waals surface area contributed by atoms with Crippen LogP contribution >= 0.6 is 55.1 Å². The number of phenolic OH excluding ortho intramolecular Hbond substituents is 1. The van der Waals surface area contributed by atoms with Crippen LogP contribution in [0.1, 0.15) is 90.6 Å². The standard InChI is InChI=1S/C12H18O3.C12H16O3.C12H16O2.C11H13BrO.C11H14O2.C7H8O2.C4H7Br.C4H8O.CH2Cl2.CH3F.CH4O.2Na.H2O.H/c2*1-10(7-13)8-15-12-5-3-4-11(6-12)9-14-2;1-10(2)8-14-12-6-4-5-11(7-12)9-13-3;2*1-9(2)8-13-11-5-3-4-10(6-11)7-12;8-5-6-2-1-3-7(9)4-6;1-4(2)3-5;1-2-4-5-3-1;2-1-3;2*1-2;;;;/h3-6,10,13H,7-9H2,1-2H3;3-7,10H,8-9H2,1-2H3;4-7H,1,8-9H2,2-3H3;3-6H,1,7-8H2,2H3;3-6,12H,1,7-8H2,2H3;1-4,8-9H,5H2;1,3H2,2H3;1-4H2;1H2;1H3;2H,1H3;;;1H2;/q;;;;;;;;;;;2*+1;;-1/p-1/i;;;;;;;;;1D;;;;;. The summed E-state index contributed by atoms with van der Waals surface area (Å²) >= 11 is 16.1. The van der Waals surface area contributed by atoms with Gasteiger partial charge in [0.15, 0.2) is 0 Å². The number of carbonyl (C=O) groups excluding carboxylic acids is 1. The largest absolute Gasteiger partial charge is 1.00 e. The molecule has 16 nitrogen and oxygen atoms in total. The summed E-state index contributed by atoms with van der Waals surface area (Å²) in [7, 11) is 5.00. The number of halogens is 5. The smallest absolute Gasteiger partial charge is 1.00 e. The van der Waals surface area contributed by atoms with E-state index in [9.17, 15) is 9.18 Å². The first-order chi connectivity index (χ1) is 46.6. The first kappa shape index (κ1) is 106. The SMILES string of the molecule is C1CCOC1.C=C(C)CBr.C=C(C)COc1cccc(CBr)c1.C=C(C)COc1cccc(CO)c1.C=C(C)COc1cccc(COC)c1.CO.COCc1cccc(OCC(C)C=O)c1.COCc1cccc(OCC(C)CO)c1.ClCCl.OCc1cccc(O)c1.[2H]CF.[H-].[Na+].[Na+].[OH-]. The number of hydrogen-bond acceptors (Lipinski definition) is 16. The molecule has 99 heavy (non-hydrogen) atoms. The quantitative estimate of drug-likeness (QED) is 0.0140. The van der Waals surface area contributed by atoms with Crippen LogP contribution < -0.4 is 82.8 Å². The van der Waals surface area contributed by atoms with Gasteiger partial charge in [-0.05, 0) is 163 Å². The Morgan fingerprint density at radius 3 is 1.12 bits per heavy atom. The molecule has 7 rings (SSSR count). The number of allylic oxidation sites excluding steroid dienone is 1. The van der Waals surface area contributed by atoms with Crippen molar-refractivity contribution in [3.8, 4) is 34.5 Å². The molecule has 1 heterocycles. The molecular formula is C76H111Br2Cl2FNa2O16. The van der Waals surface area contributed by atoms with Crippen molar-refractivity contribution in [2.75, 3.05) is 99.1 Å². The third kappa shape index (κ3) is 69.4. The number of aliphatic hydroxyl groups excluding tert-OH is 4. The van der Waals surface area contributed by atoms with Crippen LogP contribution in [0, 0.1) is 11.8 Å². The number of ether oxygens (including phenoxy) is 9. The molecule has 0 bridgehead atoms. The van der Waals surface area contributed by atoms with Gasteiger partial charge in [0.2, 0.25) is 0 Å². The topological polar surface area (TPSA) is 231 Å². The van der Waals surface area contributed by atoms with Crippen molar-refractivity contribution in [1.29, 1.82) is 0 Å². The fourth-order valence-corrected chi connectivity index (χ4v) is 6.82. The first-order valence-electron chi connectivity index (χ1n) is 31.1. The molecule has 1 fully saturated rings. The maximum atomic E-state index is 10.4. The molecule has 2 unspecified atom stereocenters. The molecule has 23 heteroatoms. The summed E-state index contributed by atoms with van der Waals surface area (Å²) in [5, 5.41) is 44.1. The van der Waals surface area contributed by atoms with Crippen molar-refractivity contribution in [3.63, 3.8) is 0 Å². The zero-order chi connectivity index (χ0) is 73.9. The number of carbonyl (C=O) groups is 1. The van der Waals surface area contributed by atoms with E-state index in [0.29, 0.717) is 52.9 Å². The van der Waals surface area contributed by atoms with E-state index < -0.39 is 7.15 Å². The molecule has 1 aliphatic rings. The summed E-state index contributed by atoms with van der Waals surface area (Å²) in [6.45, 7) is 33.1. The molecule has 0 spiro atoms. The van der Waals surface area contributed by atoms with Gasteiger partial charge in [-0.3, -0.25) is 4.39 Å². The van der Waals surface area contributed by atoms with Gasteiger partial charge in [0.05, 0.1) is 60.1 Å². The Labute approximate surface area is 665 Å². The average molecular weight is 1580 g/mol. The van der Waals surface area contributed by atoms with Gasteiger partial charge in [-0.2, -0.15) is 0 Å². The summed E-state index contributed by atoms with van der Waals surface area (Å²) < 4.78 is 62.9. The van der Waals surface area contributed by atoms with E-state index in [1.807, 2.05) is 157 Å². The molecule has 0 aromatic heterocycles. The Morgan fingerprint density at radius 2 is 0.859 bits per heavy atom. The van der Waals surface area contributed by atoms with E-state index >= 15 is 0 Å². The van der Waals surface area contributed by atoms with Gasteiger partial charge >= 0.3 is 59.1 Å². The Morgan fingerprint density at radius 1 is 0.566 bits per heavy atom. The maximum absolute atomic E-state index is 10.4. The number of methoxy groups -OCH3 is 3. The normalized spacial score (nSPS) is 10.6. The average Bonchev–Trinajstić information content (AvgIpc) is 1.79. The maximum Gasteiger partial charge on any atom is 1.00 e. The van der Waals surface area contributed by atoms with Gasteiger partial charge in [-0.25, -0.2) is 0 Å². The Balaban J connectivity index is -0.000000162. The molecule has 6 aromatic rings. The molecule has 0 amide bonds. The minimum atomic E-state index is -1.00. The van der Waals surface area contributed by atoms with Crippen LogP contribution in [0.15, 0.2) is 194 Å². The first-order valence-corrected chi connectivity index (χ1v) is 33.7.